The molecule has 0 unspecified atom stereocenters. The summed E-state index contributed by atoms with van der Waals surface area (Å²) in [5.41, 5.74) is 15.0. The molecule has 0 saturated carbocycles. The van der Waals surface area contributed by atoms with Gasteiger partial charge >= 0.3 is 0 Å². The van der Waals surface area contributed by atoms with Crippen LogP contribution in [0, 0.1) is 0 Å². The molecule has 9 heterocycles. The minimum Gasteiger partial charge on any atom is -0.390 e. The van der Waals surface area contributed by atoms with Crippen molar-refractivity contribution < 1.29 is 32.8 Å². The van der Waals surface area contributed by atoms with Gasteiger partial charge in [-0.2, -0.15) is 18.3 Å². The molecule has 352 valence electrons. The maximum absolute atomic E-state index is 10.3. The van der Waals surface area contributed by atoms with Crippen molar-refractivity contribution in [2.24, 2.45) is 0 Å². The molecule has 8 bridgehead atoms. The molecule has 0 saturated heterocycles. The second-order valence-corrected chi connectivity index (χ2v) is 17.6. The van der Waals surface area contributed by atoms with E-state index in [1.54, 1.807) is 0 Å². The molecule has 0 spiro atoms. The van der Waals surface area contributed by atoms with Crippen molar-refractivity contribution in [2.75, 3.05) is 33.0 Å². The summed E-state index contributed by atoms with van der Waals surface area (Å²) < 4.78 is 21.3. The van der Waals surface area contributed by atoms with Crippen LogP contribution < -0.4 is 18.3 Å². The van der Waals surface area contributed by atoms with Gasteiger partial charge in [-0.3, -0.25) is 0 Å². The molecular formula is C58H66N8O3+4. The number of nitrogens with one attached hydrogen (secondary N) is 2. The first-order chi connectivity index (χ1) is 34.1. The van der Waals surface area contributed by atoms with Gasteiger partial charge in [-0.15, -0.1) is 0 Å². The third kappa shape index (κ3) is 10.6. The van der Waals surface area contributed by atoms with E-state index in [-0.39, 0.29) is 6.61 Å². The highest BCUT2D eigenvalue weighted by Gasteiger charge is 2.27. The van der Waals surface area contributed by atoms with Gasteiger partial charge in [0, 0.05) is 68.2 Å². The van der Waals surface area contributed by atoms with E-state index in [1.807, 2.05) is 18.3 Å². The lowest BCUT2D eigenvalue weighted by Crippen LogP contribution is -2.38. The molecule has 11 nitrogen and oxygen atoms in total. The Labute approximate surface area is 405 Å². The van der Waals surface area contributed by atoms with Crippen LogP contribution in [0.1, 0.15) is 82.1 Å². The number of fused-ring (bicyclic) bond motifs is 8. The van der Waals surface area contributed by atoms with E-state index >= 15 is 0 Å². The van der Waals surface area contributed by atoms with Gasteiger partial charge in [0.15, 0.2) is 44.4 Å². The molecule has 69 heavy (non-hydrogen) atoms. The van der Waals surface area contributed by atoms with Crippen molar-refractivity contribution >= 4 is 46.4 Å². The second kappa shape index (κ2) is 22.9. The molecule has 2 aliphatic rings. The Hall–Kier alpha value is -6.92. The zero-order valence-electron chi connectivity index (χ0n) is 40.4. The molecule has 0 amide bonds. The van der Waals surface area contributed by atoms with Gasteiger partial charge in [0.2, 0.25) is 22.8 Å². The number of ether oxygens (including phenoxy) is 2. The minimum absolute atomic E-state index is 0.00269. The largest absolute Gasteiger partial charge is 0.390 e. The fourth-order valence-electron chi connectivity index (χ4n) is 9.34. The predicted octanol–water partition coefficient (Wildman–Crippen LogP) is 9.90. The van der Waals surface area contributed by atoms with Crippen LogP contribution in [0.15, 0.2) is 122 Å². The Morgan fingerprint density at radius 3 is 1.07 bits per heavy atom. The molecular weight excluding hydrogens is 857 g/mol. The number of rotatable bonds is 21. The van der Waals surface area contributed by atoms with E-state index in [0.717, 1.165) is 148 Å². The number of aliphatic hydroxyl groups is 1. The smallest absolute Gasteiger partial charge is 0.216 e. The highest BCUT2D eigenvalue weighted by molar-refractivity contribution is 5.97. The van der Waals surface area contributed by atoms with Gasteiger partial charge in [0.1, 0.15) is 26.4 Å². The van der Waals surface area contributed by atoms with Crippen LogP contribution in [0.5, 0.6) is 0 Å². The molecule has 2 aliphatic heterocycles. The monoisotopic (exact) mass is 923 g/mol. The lowest BCUT2D eigenvalue weighted by Gasteiger charge is -2.08. The number of aryl methyl sites for hydroxylation is 1. The van der Waals surface area contributed by atoms with Gasteiger partial charge in [-0.05, 0) is 85.7 Å². The number of H-pyrrole nitrogens is 2. The minimum atomic E-state index is -0.00269. The van der Waals surface area contributed by atoms with Gasteiger partial charge in [0.05, 0.1) is 67.1 Å². The summed E-state index contributed by atoms with van der Waals surface area (Å²) in [4.78, 5) is 19.1. The number of hydrogen-bond acceptors (Lipinski definition) is 5. The van der Waals surface area contributed by atoms with Crippen LogP contribution in [-0.4, -0.2) is 58.1 Å². The highest BCUT2D eigenvalue weighted by atomic mass is 16.5. The number of unbranched alkanes of at least 4 members (excludes halogenated alkanes) is 3. The molecule has 0 aliphatic carbocycles. The number of aromatic amines is 2. The van der Waals surface area contributed by atoms with Crippen LogP contribution in [0.2, 0.25) is 0 Å². The summed E-state index contributed by atoms with van der Waals surface area (Å²) in [6.07, 6.45) is 23.5. The topological polar surface area (TPSA) is 112 Å². The van der Waals surface area contributed by atoms with Crippen LogP contribution in [0.25, 0.3) is 91.4 Å². The molecule has 9 rings (SSSR count). The van der Waals surface area contributed by atoms with Crippen molar-refractivity contribution in [3.05, 3.63) is 145 Å². The average molecular weight is 923 g/mol. The van der Waals surface area contributed by atoms with Crippen LogP contribution in [-0.2, 0) is 35.7 Å². The normalized spacial score (nSPS) is 12.1. The van der Waals surface area contributed by atoms with Crippen molar-refractivity contribution in [2.45, 2.75) is 85.5 Å². The molecule has 0 atom stereocenters. The summed E-state index contributed by atoms with van der Waals surface area (Å²) in [6.45, 7) is 12.0. The van der Waals surface area contributed by atoms with Crippen molar-refractivity contribution in [3.63, 3.8) is 0 Å². The molecule has 0 radical (unpaired) electrons. The van der Waals surface area contributed by atoms with Crippen molar-refractivity contribution in [3.8, 4) is 45.0 Å². The average Bonchev–Trinajstić information content (AvgIpc) is 4.24. The van der Waals surface area contributed by atoms with E-state index in [0.29, 0.717) is 32.8 Å². The SMILES string of the molecule is CCCCOCC[n+]1ccccc1-c1c2nc(c(-c3cccc[n+]3CCOCCCC)c3ccc([nH]3)c(-c3cccc[n+]3CCCC)c3nc(c(-c4cccc[n+]4CCO)c4ccc1[nH]4)C=C3)C=C2. The number of aromatic nitrogens is 8. The Kier molecular flexibility index (Phi) is 15.7. The lowest BCUT2D eigenvalue weighted by molar-refractivity contribution is -0.688. The highest BCUT2D eigenvalue weighted by Crippen LogP contribution is 2.36. The first-order valence-corrected chi connectivity index (χ1v) is 25.0. The van der Waals surface area contributed by atoms with Gasteiger partial charge in [-0.25, -0.2) is 9.97 Å². The van der Waals surface area contributed by atoms with E-state index in [2.05, 4.69) is 177 Å². The van der Waals surface area contributed by atoms with Gasteiger partial charge in [-0.1, -0.05) is 40.0 Å². The van der Waals surface area contributed by atoms with E-state index in [9.17, 15) is 5.11 Å². The summed E-state index contributed by atoms with van der Waals surface area (Å²) >= 11 is 0. The fraction of sp³-hybridized carbons (Fsp3) is 0.310. The molecule has 0 aromatic carbocycles. The van der Waals surface area contributed by atoms with Crippen molar-refractivity contribution in [1.29, 1.82) is 0 Å². The summed E-state index contributed by atoms with van der Waals surface area (Å²) in [5, 5.41) is 10.3. The first kappa shape index (κ1) is 47.2. The predicted molar refractivity (Wildman–Crippen MR) is 275 cm³/mol. The number of pyridine rings is 4. The molecule has 3 N–H and O–H groups in total. The summed E-state index contributed by atoms with van der Waals surface area (Å²) in [7, 11) is 0. The number of nitrogens with zero attached hydrogens (tertiary/aromatic N) is 6. The van der Waals surface area contributed by atoms with E-state index < -0.39 is 0 Å². The molecule has 11 heteroatoms. The van der Waals surface area contributed by atoms with Gasteiger partial charge < -0.3 is 24.5 Å². The molecule has 7 aromatic rings. The zero-order valence-corrected chi connectivity index (χ0v) is 40.4. The summed E-state index contributed by atoms with van der Waals surface area (Å²) in [6, 6.07) is 34.0. The van der Waals surface area contributed by atoms with Crippen LogP contribution in [0.4, 0.5) is 0 Å². The third-order valence-corrected chi connectivity index (χ3v) is 12.9. The molecule has 7 aromatic heterocycles. The first-order valence-electron chi connectivity index (χ1n) is 25.0. The Morgan fingerprint density at radius 1 is 0.406 bits per heavy atom. The van der Waals surface area contributed by atoms with Gasteiger partial charge in [0.25, 0.3) is 0 Å². The Bertz CT molecular complexity index is 3130. The lowest BCUT2D eigenvalue weighted by atomic mass is 10.1. The second-order valence-electron chi connectivity index (χ2n) is 17.6. The number of aliphatic hydroxyl groups excluding tert-OH is 1. The summed E-state index contributed by atoms with van der Waals surface area (Å²) in [5.74, 6) is 0. The third-order valence-electron chi connectivity index (χ3n) is 12.9. The van der Waals surface area contributed by atoms with Crippen LogP contribution in [0.3, 0.4) is 0 Å². The van der Waals surface area contributed by atoms with Crippen LogP contribution >= 0.6 is 0 Å². The van der Waals surface area contributed by atoms with E-state index in [1.165, 1.54) is 0 Å². The maximum Gasteiger partial charge on any atom is 0.216 e. The standard InChI is InChI=1S/C58H65N8O3/c1-4-7-30-63-31-14-10-18-51(63)55-43-22-24-45(59-43)56(52-19-11-15-32-64(52)35-38-67)46-25-27-48(61-46)58(54-21-13-17-34-66(54)37-42-69-40-9-6-3)50-29-28-49(62-50)57(47-26-23-44(55)60-47)53-20-12-16-33-65(53)36-41-68-39-8-5-2/h10-29,31-34,67H,4-9,30,35-42H2,1-3H3,(H,59,60,61,62)/q+3/p+1. The fourth-order valence-corrected chi connectivity index (χ4v) is 9.34. The zero-order chi connectivity index (χ0) is 47.4. The van der Waals surface area contributed by atoms with E-state index in [4.69, 9.17) is 19.4 Å². The quantitative estimate of drug-likeness (QED) is 0.0491. The Morgan fingerprint density at radius 2 is 0.739 bits per heavy atom. The van der Waals surface area contributed by atoms with Crippen molar-refractivity contribution in [1.82, 2.24) is 19.9 Å². The Balaban J connectivity index is 1.40. The molecule has 0 fully saturated rings. The number of hydrogen-bond donors (Lipinski definition) is 3. The maximum atomic E-state index is 10.3.